The Morgan fingerprint density at radius 1 is 1.20 bits per heavy atom. The van der Waals surface area contributed by atoms with Crippen LogP contribution in [0.1, 0.15) is 9.67 Å². The molecule has 0 bridgehead atoms. The first-order valence-corrected chi connectivity index (χ1v) is 6.93. The zero-order valence-corrected chi connectivity index (χ0v) is 11.6. The predicted molar refractivity (Wildman–Crippen MR) is 78.6 cm³/mol. The quantitative estimate of drug-likeness (QED) is 0.801. The summed E-state index contributed by atoms with van der Waals surface area (Å²) in [4.78, 5) is 17.2. The molecular formula is C15H12N2O2S. The number of aromatic nitrogens is 1. The third kappa shape index (κ3) is 2.23. The molecule has 0 aliphatic carbocycles. The molecule has 3 aromatic rings. The van der Waals surface area contributed by atoms with Crippen LogP contribution < -0.4 is 5.32 Å². The summed E-state index contributed by atoms with van der Waals surface area (Å²) in [5, 5.41) is 3.35. The molecule has 2 aromatic heterocycles. The van der Waals surface area contributed by atoms with E-state index in [0.29, 0.717) is 21.3 Å². The van der Waals surface area contributed by atoms with E-state index in [1.165, 1.54) is 11.3 Å². The molecule has 1 amide bonds. The first kappa shape index (κ1) is 12.6. The first-order valence-electron chi connectivity index (χ1n) is 6.12. The summed E-state index contributed by atoms with van der Waals surface area (Å²) >= 11 is 1.33. The Bertz CT molecular complexity index is 718. The van der Waals surface area contributed by atoms with Crippen LogP contribution in [0, 0.1) is 0 Å². The van der Waals surface area contributed by atoms with Crippen molar-refractivity contribution in [2.75, 3.05) is 7.05 Å². The van der Waals surface area contributed by atoms with Crippen molar-refractivity contribution in [2.24, 2.45) is 0 Å². The normalized spacial score (nSPS) is 10.4. The smallest absolute Gasteiger partial charge is 0.263 e. The number of carbonyl (C=O) groups excluding carboxylic acids is 1. The molecule has 0 atom stereocenters. The van der Waals surface area contributed by atoms with Crippen LogP contribution in [0.15, 0.2) is 53.1 Å². The number of benzene rings is 1. The average molecular weight is 284 g/mol. The maximum absolute atomic E-state index is 12.0. The SMILES string of the molecule is CNC(=O)c1sc(-c2ccco2)nc1-c1ccccc1. The van der Waals surface area contributed by atoms with Gasteiger partial charge >= 0.3 is 0 Å². The van der Waals surface area contributed by atoms with Crippen LogP contribution in [-0.4, -0.2) is 17.9 Å². The van der Waals surface area contributed by atoms with Crippen LogP contribution in [0.4, 0.5) is 0 Å². The van der Waals surface area contributed by atoms with Gasteiger partial charge in [0.2, 0.25) is 0 Å². The minimum atomic E-state index is -0.140. The van der Waals surface area contributed by atoms with Crippen molar-refractivity contribution in [3.8, 4) is 22.0 Å². The van der Waals surface area contributed by atoms with Crippen molar-refractivity contribution in [3.63, 3.8) is 0 Å². The Hall–Kier alpha value is -2.40. The van der Waals surface area contributed by atoms with Crippen LogP contribution in [0.2, 0.25) is 0 Å². The Kier molecular flexibility index (Phi) is 3.35. The van der Waals surface area contributed by atoms with Gasteiger partial charge in [0, 0.05) is 12.6 Å². The van der Waals surface area contributed by atoms with E-state index in [0.717, 1.165) is 5.56 Å². The minimum Gasteiger partial charge on any atom is -0.462 e. The van der Waals surface area contributed by atoms with Crippen molar-refractivity contribution in [3.05, 3.63) is 53.6 Å². The average Bonchev–Trinajstić information content (AvgIpc) is 3.16. The van der Waals surface area contributed by atoms with Gasteiger partial charge in [0.1, 0.15) is 4.88 Å². The highest BCUT2D eigenvalue weighted by Crippen LogP contribution is 2.33. The summed E-state index contributed by atoms with van der Waals surface area (Å²) in [5.74, 6) is 0.529. The van der Waals surface area contributed by atoms with Gasteiger partial charge in [0.25, 0.3) is 5.91 Å². The highest BCUT2D eigenvalue weighted by Gasteiger charge is 2.20. The van der Waals surface area contributed by atoms with E-state index in [1.807, 2.05) is 36.4 Å². The number of hydrogen-bond donors (Lipinski definition) is 1. The van der Waals surface area contributed by atoms with E-state index in [2.05, 4.69) is 10.3 Å². The van der Waals surface area contributed by atoms with Crippen LogP contribution in [0.25, 0.3) is 22.0 Å². The van der Waals surface area contributed by atoms with Gasteiger partial charge in [-0.15, -0.1) is 11.3 Å². The lowest BCUT2D eigenvalue weighted by molar-refractivity contribution is 0.0967. The van der Waals surface area contributed by atoms with Gasteiger partial charge in [0.15, 0.2) is 10.8 Å². The molecule has 5 heteroatoms. The summed E-state index contributed by atoms with van der Waals surface area (Å²) < 4.78 is 5.35. The Balaban J connectivity index is 2.15. The van der Waals surface area contributed by atoms with E-state index in [-0.39, 0.29) is 5.91 Å². The lowest BCUT2D eigenvalue weighted by Gasteiger charge is -2.00. The Morgan fingerprint density at radius 3 is 2.65 bits per heavy atom. The molecule has 4 nitrogen and oxygen atoms in total. The fraction of sp³-hybridized carbons (Fsp3) is 0.0667. The molecule has 0 saturated carbocycles. The van der Waals surface area contributed by atoms with Crippen molar-refractivity contribution >= 4 is 17.2 Å². The van der Waals surface area contributed by atoms with Crippen molar-refractivity contribution in [1.82, 2.24) is 10.3 Å². The fourth-order valence-electron chi connectivity index (χ4n) is 1.88. The van der Waals surface area contributed by atoms with Gasteiger partial charge in [-0.1, -0.05) is 30.3 Å². The molecule has 0 radical (unpaired) electrons. The van der Waals surface area contributed by atoms with Gasteiger partial charge in [-0.05, 0) is 12.1 Å². The number of nitrogens with one attached hydrogen (secondary N) is 1. The topological polar surface area (TPSA) is 55.1 Å². The van der Waals surface area contributed by atoms with Crippen molar-refractivity contribution in [2.45, 2.75) is 0 Å². The third-order valence-electron chi connectivity index (χ3n) is 2.84. The first-order chi connectivity index (χ1) is 9.79. The predicted octanol–water partition coefficient (Wildman–Crippen LogP) is 3.43. The number of thiazole rings is 1. The van der Waals surface area contributed by atoms with Crippen LogP contribution >= 0.6 is 11.3 Å². The Morgan fingerprint density at radius 2 is 2.00 bits per heavy atom. The molecule has 0 unspecified atom stereocenters. The van der Waals surface area contributed by atoms with Gasteiger partial charge in [-0.3, -0.25) is 4.79 Å². The summed E-state index contributed by atoms with van der Waals surface area (Å²) in [5.41, 5.74) is 1.60. The van der Waals surface area contributed by atoms with Crippen LogP contribution in [0.5, 0.6) is 0 Å². The summed E-state index contributed by atoms with van der Waals surface area (Å²) in [7, 11) is 1.61. The van der Waals surface area contributed by atoms with E-state index < -0.39 is 0 Å². The van der Waals surface area contributed by atoms with E-state index in [1.54, 1.807) is 19.4 Å². The van der Waals surface area contributed by atoms with Crippen molar-refractivity contribution < 1.29 is 9.21 Å². The molecule has 0 spiro atoms. The molecule has 0 fully saturated rings. The number of furan rings is 1. The fourth-order valence-corrected chi connectivity index (χ4v) is 2.89. The van der Waals surface area contributed by atoms with Gasteiger partial charge in [-0.25, -0.2) is 4.98 Å². The maximum atomic E-state index is 12.0. The summed E-state index contributed by atoms with van der Waals surface area (Å²) in [6.07, 6.45) is 1.60. The van der Waals surface area contributed by atoms with Crippen molar-refractivity contribution in [1.29, 1.82) is 0 Å². The number of carbonyl (C=O) groups is 1. The molecule has 0 saturated heterocycles. The van der Waals surface area contributed by atoms with Gasteiger partial charge < -0.3 is 9.73 Å². The van der Waals surface area contributed by atoms with E-state index in [4.69, 9.17) is 4.42 Å². The lowest BCUT2D eigenvalue weighted by atomic mass is 10.1. The number of amides is 1. The molecule has 0 aliphatic rings. The lowest BCUT2D eigenvalue weighted by Crippen LogP contribution is -2.17. The van der Waals surface area contributed by atoms with E-state index in [9.17, 15) is 4.79 Å². The molecule has 1 aromatic carbocycles. The van der Waals surface area contributed by atoms with Gasteiger partial charge in [0.05, 0.1) is 12.0 Å². The zero-order valence-electron chi connectivity index (χ0n) is 10.8. The summed E-state index contributed by atoms with van der Waals surface area (Å²) in [6.45, 7) is 0. The van der Waals surface area contributed by atoms with Crippen LogP contribution in [-0.2, 0) is 0 Å². The standard InChI is InChI=1S/C15H12N2O2S/c1-16-14(18)13-12(10-6-3-2-4-7-10)17-15(20-13)11-8-5-9-19-11/h2-9H,1H3,(H,16,18). The third-order valence-corrected chi connectivity index (χ3v) is 3.91. The highest BCUT2D eigenvalue weighted by atomic mass is 32.1. The molecule has 20 heavy (non-hydrogen) atoms. The van der Waals surface area contributed by atoms with Crippen LogP contribution in [0.3, 0.4) is 0 Å². The summed E-state index contributed by atoms with van der Waals surface area (Å²) in [6, 6.07) is 13.3. The number of nitrogens with zero attached hydrogens (tertiary/aromatic N) is 1. The minimum absolute atomic E-state index is 0.140. The molecule has 100 valence electrons. The molecular weight excluding hydrogens is 272 g/mol. The Labute approximate surface area is 120 Å². The molecule has 1 N–H and O–H groups in total. The van der Waals surface area contributed by atoms with E-state index >= 15 is 0 Å². The molecule has 2 heterocycles. The monoisotopic (exact) mass is 284 g/mol. The second kappa shape index (κ2) is 5.30. The second-order valence-electron chi connectivity index (χ2n) is 4.12. The highest BCUT2D eigenvalue weighted by molar-refractivity contribution is 7.17. The number of hydrogen-bond acceptors (Lipinski definition) is 4. The second-order valence-corrected chi connectivity index (χ2v) is 5.12. The molecule has 0 aliphatic heterocycles. The largest absolute Gasteiger partial charge is 0.462 e. The van der Waals surface area contributed by atoms with Gasteiger partial charge in [-0.2, -0.15) is 0 Å². The number of rotatable bonds is 3. The zero-order chi connectivity index (χ0) is 13.9. The maximum Gasteiger partial charge on any atom is 0.263 e. The molecule has 3 rings (SSSR count).